The van der Waals surface area contributed by atoms with Crippen LogP contribution in [0.15, 0.2) is 12.1 Å². The minimum Gasteiger partial charge on any atom is -0.397 e. The third-order valence-corrected chi connectivity index (χ3v) is 2.39. The zero-order valence-electron chi connectivity index (χ0n) is 8.01. The molecule has 1 aromatic rings. The van der Waals surface area contributed by atoms with Crippen LogP contribution in [0.4, 0.5) is 5.69 Å². The van der Waals surface area contributed by atoms with Crippen molar-refractivity contribution >= 4 is 23.1 Å². The number of nitrogens with two attached hydrogens (primary N) is 2. The number of halogens is 1. The second kappa shape index (κ2) is 4.44. The molecule has 0 unspecified atom stereocenters. The average molecular weight is 213 g/mol. The number of benzene rings is 1. The lowest BCUT2D eigenvalue weighted by molar-refractivity contribution is 0.0988. The van der Waals surface area contributed by atoms with E-state index in [-0.39, 0.29) is 12.3 Å². The van der Waals surface area contributed by atoms with Crippen LogP contribution in [0.1, 0.15) is 29.3 Å². The molecule has 0 radical (unpaired) electrons. The van der Waals surface area contributed by atoms with Gasteiger partial charge in [-0.1, -0.05) is 18.5 Å². The number of ketones is 1. The summed E-state index contributed by atoms with van der Waals surface area (Å²) >= 11 is 5.87. The topological polar surface area (TPSA) is 69.1 Å². The summed E-state index contributed by atoms with van der Waals surface area (Å²) in [7, 11) is 0. The van der Waals surface area contributed by atoms with Crippen LogP contribution in [-0.2, 0) is 6.54 Å². The standard InChI is InChI=1S/C10H13ClN2O/c1-2-9(14)6-3-7(5-12)10(13)8(11)4-6/h3-4H,2,5,12-13H2,1H3. The lowest BCUT2D eigenvalue weighted by atomic mass is 10.0. The van der Waals surface area contributed by atoms with E-state index < -0.39 is 0 Å². The van der Waals surface area contributed by atoms with E-state index in [1.165, 1.54) is 0 Å². The zero-order valence-corrected chi connectivity index (χ0v) is 8.77. The maximum atomic E-state index is 11.4. The van der Waals surface area contributed by atoms with Crippen LogP contribution < -0.4 is 11.5 Å². The van der Waals surface area contributed by atoms with Crippen molar-refractivity contribution in [2.45, 2.75) is 19.9 Å². The Morgan fingerprint density at radius 3 is 2.64 bits per heavy atom. The van der Waals surface area contributed by atoms with E-state index in [1.54, 1.807) is 19.1 Å². The number of Topliss-reactive ketones (excluding diaryl/α,β-unsaturated/α-hetero) is 1. The Labute approximate surface area is 88.0 Å². The van der Waals surface area contributed by atoms with Gasteiger partial charge in [0.05, 0.1) is 10.7 Å². The summed E-state index contributed by atoms with van der Waals surface area (Å²) in [5.74, 6) is 0.0431. The molecular formula is C10H13ClN2O. The Morgan fingerprint density at radius 2 is 2.14 bits per heavy atom. The first-order valence-corrected chi connectivity index (χ1v) is 4.79. The van der Waals surface area contributed by atoms with Crippen molar-refractivity contribution in [3.8, 4) is 0 Å². The Hall–Kier alpha value is -1.06. The molecule has 0 spiro atoms. The average Bonchev–Trinajstić information content (AvgIpc) is 2.20. The molecule has 76 valence electrons. The maximum absolute atomic E-state index is 11.4. The normalized spacial score (nSPS) is 10.2. The van der Waals surface area contributed by atoms with Gasteiger partial charge in [0, 0.05) is 18.5 Å². The van der Waals surface area contributed by atoms with Crippen molar-refractivity contribution in [2.24, 2.45) is 5.73 Å². The van der Waals surface area contributed by atoms with E-state index in [4.69, 9.17) is 23.1 Å². The van der Waals surface area contributed by atoms with Crippen LogP contribution in [0.25, 0.3) is 0 Å². The van der Waals surface area contributed by atoms with Gasteiger partial charge in [-0.15, -0.1) is 0 Å². The molecule has 4 heteroatoms. The quantitative estimate of drug-likeness (QED) is 0.595. The molecule has 0 aliphatic rings. The summed E-state index contributed by atoms with van der Waals surface area (Å²) in [6, 6.07) is 3.29. The van der Waals surface area contributed by atoms with Crippen molar-refractivity contribution in [1.82, 2.24) is 0 Å². The maximum Gasteiger partial charge on any atom is 0.162 e. The highest BCUT2D eigenvalue weighted by atomic mass is 35.5. The number of rotatable bonds is 3. The third-order valence-electron chi connectivity index (χ3n) is 2.08. The largest absolute Gasteiger partial charge is 0.397 e. The summed E-state index contributed by atoms with van der Waals surface area (Å²) in [4.78, 5) is 11.4. The summed E-state index contributed by atoms with van der Waals surface area (Å²) in [5, 5.41) is 0.393. The molecule has 0 saturated heterocycles. The first-order chi connectivity index (χ1) is 6.60. The molecule has 0 heterocycles. The van der Waals surface area contributed by atoms with Gasteiger partial charge in [-0.25, -0.2) is 0 Å². The van der Waals surface area contributed by atoms with E-state index in [0.29, 0.717) is 28.3 Å². The van der Waals surface area contributed by atoms with Gasteiger partial charge in [0.2, 0.25) is 0 Å². The van der Waals surface area contributed by atoms with Crippen molar-refractivity contribution in [1.29, 1.82) is 0 Å². The molecule has 1 aromatic carbocycles. The van der Waals surface area contributed by atoms with Gasteiger partial charge in [0.25, 0.3) is 0 Å². The van der Waals surface area contributed by atoms with Crippen molar-refractivity contribution in [2.75, 3.05) is 5.73 Å². The Kier molecular flexibility index (Phi) is 3.49. The third kappa shape index (κ3) is 2.05. The van der Waals surface area contributed by atoms with Crippen LogP contribution in [0.3, 0.4) is 0 Å². The monoisotopic (exact) mass is 212 g/mol. The molecular weight excluding hydrogens is 200 g/mol. The van der Waals surface area contributed by atoms with Crippen LogP contribution in [-0.4, -0.2) is 5.78 Å². The molecule has 0 bridgehead atoms. The summed E-state index contributed by atoms with van der Waals surface area (Å²) in [6.07, 6.45) is 0.449. The molecule has 0 aromatic heterocycles. The first-order valence-electron chi connectivity index (χ1n) is 4.41. The van der Waals surface area contributed by atoms with Crippen molar-refractivity contribution in [3.63, 3.8) is 0 Å². The predicted octanol–water partition coefficient (Wildman–Crippen LogP) is 1.97. The van der Waals surface area contributed by atoms with Crippen LogP contribution in [0.2, 0.25) is 5.02 Å². The van der Waals surface area contributed by atoms with E-state index in [1.807, 2.05) is 0 Å². The first kappa shape index (κ1) is 11.0. The van der Waals surface area contributed by atoms with Gasteiger partial charge in [-0.05, 0) is 17.7 Å². The highest BCUT2D eigenvalue weighted by molar-refractivity contribution is 6.33. The van der Waals surface area contributed by atoms with Gasteiger partial charge in [-0.3, -0.25) is 4.79 Å². The van der Waals surface area contributed by atoms with E-state index in [2.05, 4.69) is 0 Å². The Bertz CT molecular complexity index is 363. The lowest BCUT2D eigenvalue weighted by Crippen LogP contribution is -2.05. The van der Waals surface area contributed by atoms with Gasteiger partial charge in [0.15, 0.2) is 5.78 Å². The van der Waals surface area contributed by atoms with Crippen LogP contribution >= 0.6 is 11.6 Å². The SMILES string of the molecule is CCC(=O)c1cc(Cl)c(N)c(CN)c1. The van der Waals surface area contributed by atoms with Crippen LogP contribution in [0, 0.1) is 0 Å². The van der Waals surface area contributed by atoms with E-state index in [0.717, 1.165) is 0 Å². The fourth-order valence-electron chi connectivity index (χ4n) is 1.21. The number of anilines is 1. The second-order valence-corrected chi connectivity index (χ2v) is 3.42. The summed E-state index contributed by atoms with van der Waals surface area (Å²) in [5.41, 5.74) is 12.9. The smallest absolute Gasteiger partial charge is 0.162 e. The number of carbonyl (C=O) groups excluding carboxylic acids is 1. The van der Waals surface area contributed by atoms with Crippen molar-refractivity contribution in [3.05, 3.63) is 28.3 Å². The molecule has 0 amide bonds. The molecule has 4 N–H and O–H groups in total. The fourth-order valence-corrected chi connectivity index (χ4v) is 1.45. The Morgan fingerprint density at radius 1 is 1.50 bits per heavy atom. The van der Waals surface area contributed by atoms with Gasteiger partial charge in [-0.2, -0.15) is 0 Å². The fraction of sp³-hybridized carbons (Fsp3) is 0.300. The van der Waals surface area contributed by atoms with Gasteiger partial charge < -0.3 is 11.5 Å². The number of hydrogen-bond acceptors (Lipinski definition) is 3. The molecule has 3 nitrogen and oxygen atoms in total. The van der Waals surface area contributed by atoms with Gasteiger partial charge >= 0.3 is 0 Å². The Balaban J connectivity index is 3.22. The number of carbonyl (C=O) groups is 1. The van der Waals surface area contributed by atoms with Crippen LogP contribution in [0.5, 0.6) is 0 Å². The molecule has 0 saturated carbocycles. The number of nitrogen functional groups attached to an aromatic ring is 1. The highest BCUT2D eigenvalue weighted by Gasteiger charge is 2.09. The molecule has 0 atom stereocenters. The molecule has 0 aliphatic carbocycles. The minimum absolute atomic E-state index is 0.0431. The summed E-state index contributed by atoms with van der Waals surface area (Å²) < 4.78 is 0. The highest BCUT2D eigenvalue weighted by Crippen LogP contribution is 2.25. The zero-order chi connectivity index (χ0) is 10.7. The molecule has 0 aliphatic heterocycles. The van der Waals surface area contributed by atoms with E-state index in [9.17, 15) is 4.79 Å². The molecule has 0 fully saturated rings. The molecule has 14 heavy (non-hydrogen) atoms. The second-order valence-electron chi connectivity index (χ2n) is 3.01. The minimum atomic E-state index is 0.0431. The molecule has 1 rings (SSSR count). The van der Waals surface area contributed by atoms with E-state index >= 15 is 0 Å². The predicted molar refractivity (Wildman–Crippen MR) is 58.4 cm³/mol. The van der Waals surface area contributed by atoms with Crippen molar-refractivity contribution < 1.29 is 4.79 Å². The number of hydrogen-bond donors (Lipinski definition) is 2. The van der Waals surface area contributed by atoms with Gasteiger partial charge in [0.1, 0.15) is 0 Å². The lowest BCUT2D eigenvalue weighted by Gasteiger charge is -2.07. The summed E-state index contributed by atoms with van der Waals surface area (Å²) in [6.45, 7) is 2.09.